The average Bonchev–Trinajstić information content (AvgIpc) is 2.85. The van der Waals surface area contributed by atoms with Crippen molar-refractivity contribution in [1.29, 1.82) is 0 Å². The number of aliphatic hydroxyl groups is 1. The maximum atomic E-state index is 13.8. The zero-order valence-corrected chi connectivity index (χ0v) is 13.1. The zero-order chi connectivity index (χ0) is 16.3. The van der Waals surface area contributed by atoms with Crippen LogP contribution in [0.4, 0.5) is 8.78 Å². The number of benzene rings is 1. The minimum Gasteiger partial charge on any atom is -0.395 e. The summed E-state index contributed by atoms with van der Waals surface area (Å²) in [4.78, 5) is 18.3. The molecule has 1 heterocycles. The molecular weight excluding hydrogens is 310 g/mol. The van der Waals surface area contributed by atoms with Gasteiger partial charge in [0.05, 0.1) is 17.9 Å². The summed E-state index contributed by atoms with van der Waals surface area (Å²) in [6, 6.07) is 3.59. The average molecular weight is 326 g/mol. The number of thiazole rings is 1. The molecule has 1 N–H and O–H groups in total. The van der Waals surface area contributed by atoms with Gasteiger partial charge in [-0.1, -0.05) is 6.07 Å². The van der Waals surface area contributed by atoms with E-state index in [-0.39, 0.29) is 29.6 Å². The van der Waals surface area contributed by atoms with Gasteiger partial charge in [0.1, 0.15) is 21.5 Å². The third-order valence-electron chi connectivity index (χ3n) is 3.21. The minimum absolute atomic E-state index is 0.136. The number of aromatic nitrogens is 1. The van der Waals surface area contributed by atoms with Crippen LogP contribution >= 0.6 is 11.3 Å². The third kappa shape index (κ3) is 3.15. The number of carbonyl (C=O) groups excluding carboxylic acids is 1. The van der Waals surface area contributed by atoms with E-state index in [4.69, 9.17) is 5.11 Å². The van der Waals surface area contributed by atoms with Crippen molar-refractivity contribution in [3.05, 3.63) is 40.4 Å². The summed E-state index contributed by atoms with van der Waals surface area (Å²) in [5, 5.41) is 9.12. The van der Waals surface area contributed by atoms with Gasteiger partial charge in [0.25, 0.3) is 5.91 Å². The van der Waals surface area contributed by atoms with Crippen LogP contribution < -0.4 is 0 Å². The van der Waals surface area contributed by atoms with Gasteiger partial charge < -0.3 is 10.0 Å². The molecule has 2 aromatic rings. The Morgan fingerprint density at radius 3 is 2.55 bits per heavy atom. The van der Waals surface area contributed by atoms with E-state index >= 15 is 0 Å². The van der Waals surface area contributed by atoms with Crippen molar-refractivity contribution in [2.24, 2.45) is 0 Å². The summed E-state index contributed by atoms with van der Waals surface area (Å²) in [6.45, 7) is 3.91. The molecule has 0 aliphatic rings. The number of likely N-dealkylation sites (N-methyl/N-ethyl adjacent to an activating group) is 1. The van der Waals surface area contributed by atoms with Gasteiger partial charge in [-0.2, -0.15) is 0 Å². The molecule has 1 amide bonds. The molecule has 2 rings (SSSR count). The van der Waals surface area contributed by atoms with E-state index in [1.165, 1.54) is 11.0 Å². The summed E-state index contributed by atoms with van der Waals surface area (Å²) < 4.78 is 27.6. The Bertz CT molecular complexity index is 668. The first-order valence-corrected chi connectivity index (χ1v) is 7.63. The number of halogens is 2. The van der Waals surface area contributed by atoms with E-state index in [9.17, 15) is 13.6 Å². The van der Waals surface area contributed by atoms with E-state index in [1.807, 2.05) is 0 Å². The lowest BCUT2D eigenvalue weighted by atomic mass is 10.2. The van der Waals surface area contributed by atoms with Crippen molar-refractivity contribution in [3.63, 3.8) is 0 Å². The summed E-state index contributed by atoms with van der Waals surface area (Å²) in [5.74, 6) is -1.72. The van der Waals surface area contributed by atoms with Crippen LogP contribution in [0.25, 0.3) is 10.6 Å². The van der Waals surface area contributed by atoms with E-state index in [0.29, 0.717) is 17.1 Å². The molecule has 0 unspecified atom stereocenters. The number of aliphatic hydroxyl groups excluding tert-OH is 1. The Morgan fingerprint density at radius 2 is 2.00 bits per heavy atom. The fourth-order valence-electron chi connectivity index (χ4n) is 2.07. The van der Waals surface area contributed by atoms with Gasteiger partial charge in [-0.15, -0.1) is 11.3 Å². The van der Waals surface area contributed by atoms with Gasteiger partial charge in [0, 0.05) is 13.1 Å². The first-order valence-electron chi connectivity index (χ1n) is 6.81. The SMILES string of the molecule is CCN(CCO)C(=O)c1sc(-c2c(F)cccc2F)nc1C. The summed E-state index contributed by atoms with van der Waals surface area (Å²) in [5.41, 5.74) is 0.198. The largest absolute Gasteiger partial charge is 0.395 e. The van der Waals surface area contributed by atoms with E-state index in [2.05, 4.69) is 4.98 Å². The summed E-state index contributed by atoms with van der Waals surface area (Å²) >= 11 is 0.955. The topological polar surface area (TPSA) is 53.4 Å². The third-order valence-corrected chi connectivity index (χ3v) is 4.37. The molecule has 118 valence electrons. The fraction of sp³-hybridized carbons (Fsp3) is 0.333. The van der Waals surface area contributed by atoms with E-state index in [1.54, 1.807) is 13.8 Å². The Morgan fingerprint density at radius 1 is 1.36 bits per heavy atom. The van der Waals surface area contributed by atoms with E-state index in [0.717, 1.165) is 23.5 Å². The molecule has 0 saturated heterocycles. The first-order chi connectivity index (χ1) is 10.5. The van der Waals surface area contributed by atoms with Crippen LogP contribution in [0.3, 0.4) is 0 Å². The lowest BCUT2D eigenvalue weighted by Gasteiger charge is -2.18. The Labute approximate surface area is 131 Å². The molecule has 0 radical (unpaired) electrons. The summed E-state index contributed by atoms with van der Waals surface area (Å²) in [7, 11) is 0. The highest BCUT2D eigenvalue weighted by Crippen LogP contribution is 2.32. The van der Waals surface area contributed by atoms with Gasteiger partial charge in [0.2, 0.25) is 0 Å². The van der Waals surface area contributed by atoms with Crippen molar-refractivity contribution in [1.82, 2.24) is 9.88 Å². The molecule has 22 heavy (non-hydrogen) atoms. The van der Waals surface area contributed by atoms with Crippen LogP contribution in [0, 0.1) is 18.6 Å². The number of nitrogens with zero attached hydrogens (tertiary/aromatic N) is 2. The molecule has 1 aromatic carbocycles. The second-order valence-electron chi connectivity index (χ2n) is 4.64. The number of rotatable bonds is 5. The molecule has 1 aromatic heterocycles. The van der Waals surface area contributed by atoms with Crippen LogP contribution in [0.2, 0.25) is 0 Å². The van der Waals surface area contributed by atoms with Gasteiger partial charge in [-0.25, -0.2) is 13.8 Å². The fourth-order valence-corrected chi connectivity index (χ4v) is 3.15. The standard InChI is InChI=1S/C15H16F2N2O2S/c1-3-19(7-8-20)15(21)13-9(2)18-14(22-13)12-10(16)5-4-6-11(12)17/h4-6,20H,3,7-8H2,1-2H3. The molecule has 4 nitrogen and oxygen atoms in total. The van der Waals surface area contributed by atoms with Crippen LogP contribution in [0.1, 0.15) is 22.3 Å². The van der Waals surface area contributed by atoms with Crippen LogP contribution in [-0.2, 0) is 0 Å². The van der Waals surface area contributed by atoms with Crippen molar-refractivity contribution in [3.8, 4) is 10.6 Å². The predicted molar refractivity (Wildman–Crippen MR) is 80.9 cm³/mol. The van der Waals surface area contributed by atoms with Crippen molar-refractivity contribution < 1.29 is 18.7 Å². The second-order valence-corrected chi connectivity index (χ2v) is 5.64. The zero-order valence-electron chi connectivity index (χ0n) is 12.3. The molecule has 0 bridgehead atoms. The lowest BCUT2D eigenvalue weighted by molar-refractivity contribution is 0.0736. The maximum absolute atomic E-state index is 13.8. The minimum atomic E-state index is -0.713. The number of amides is 1. The van der Waals surface area contributed by atoms with Crippen LogP contribution in [0.5, 0.6) is 0 Å². The van der Waals surface area contributed by atoms with Gasteiger partial charge in [-0.3, -0.25) is 4.79 Å². The molecule has 7 heteroatoms. The quantitative estimate of drug-likeness (QED) is 0.919. The first kappa shape index (κ1) is 16.5. The van der Waals surface area contributed by atoms with Crippen LogP contribution in [-0.4, -0.2) is 40.6 Å². The number of aryl methyl sites for hydroxylation is 1. The summed E-state index contributed by atoms with van der Waals surface area (Å²) in [6.07, 6.45) is 0. The molecule has 0 aliphatic heterocycles. The Kier molecular flexibility index (Phi) is 5.20. The van der Waals surface area contributed by atoms with Crippen molar-refractivity contribution in [2.75, 3.05) is 19.7 Å². The van der Waals surface area contributed by atoms with Gasteiger partial charge in [0.15, 0.2) is 0 Å². The van der Waals surface area contributed by atoms with Crippen LogP contribution in [0.15, 0.2) is 18.2 Å². The monoisotopic (exact) mass is 326 g/mol. The van der Waals surface area contributed by atoms with E-state index < -0.39 is 11.6 Å². The van der Waals surface area contributed by atoms with Gasteiger partial charge in [-0.05, 0) is 26.0 Å². The normalized spacial score (nSPS) is 10.8. The number of hydrogen-bond donors (Lipinski definition) is 1. The van der Waals surface area contributed by atoms with Gasteiger partial charge >= 0.3 is 0 Å². The molecule has 0 saturated carbocycles. The Balaban J connectivity index is 2.42. The number of hydrogen-bond acceptors (Lipinski definition) is 4. The Hall–Kier alpha value is -1.86. The molecule has 0 atom stereocenters. The molecular formula is C15H16F2N2O2S. The highest BCUT2D eigenvalue weighted by molar-refractivity contribution is 7.17. The molecule has 0 spiro atoms. The molecule has 0 fully saturated rings. The molecule has 0 aliphatic carbocycles. The second kappa shape index (κ2) is 6.93. The smallest absolute Gasteiger partial charge is 0.265 e. The number of carbonyl (C=O) groups is 1. The lowest BCUT2D eigenvalue weighted by Crippen LogP contribution is -2.33. The highest BCUT2D eigenvalue weighted by Gasteiger charge is 2.23. The van der Waals surface area contributed by atoms with Crippen molar-refractivity contribution >= 4 is 17.2 Å². The maximum Gasteiger partial charge on any atom is 0.265 e. The predicted octanol–water partition coefficient (Wildman–Crippen LogP) is 2.85. The highest BCUT2D eigenvalue weighted by atomic mass is 32.1. The van der Waals surface area contributed by atoms with Crippen molar-refractivity contribution in [2.45, 2.75) is 13.8 Å².